The first-order chi connectivity index (χ1) is 9.76. The highest BCUT2D eigenvalue weighted by Crippen LogP contribution is 2.27. The molecule has 3 aromatic rings. The van der Waals surface area contributed by atoms with Crippen molar-refractivity contribution in [3.63, 3.8) is 0 Å². The van der Waals surface area contributed by atoms with Gasteiger partial charge in [-0.05, 0) is 29.1 Å². The number of nitriles is 1. The quantitative estimate of drug-likeness (QED) is 0.718. The zero-order chi connectivity index (χ0) is 13.9. The van der Waals surface area contributed by atoms with Crippen LogP contribution in [0.15, 0.2) is 44.7 Å². The van der Waals surface area contributed by atoms with Crippen LogP contribution in [0, 0.1) is 11.3 Å². The minimum atomic E-state index is 0.406. The van der Waals surface area contributed by atoms with E-state index in [0.29, 0.717) is 23.7 Å². The Morgan fingerprint density at radius 1 is 1.25 bits per heavy atom. The Morgan fingerprint density at radius 3 is 2.80 bits per heavy atom. The Morgan fingerprint density at radius 2 is 2.05 bits per heavy atom. The summed E-state index contributed by atoms with van der Waals surface area (Å²) in [6.45, 7) is 0. The molecule has 0 amide bonds. The van der Waals surface area contributed by atoms with E-state index in [0.717, 1.165) is 14.9 Å². The molecule has 6 heteroatoms. The predicted octanol–water partition coefficient (Wildman–Crippen LogP) is 4.02. The van der Waals surface area contributed by atoms with Gasteiger partial charge in [0, 0.05) is 10.9 Å². The Labute approximate surface area is 127 Å². The van der Waals surface area contributed by atoms with Gasteiger partial charge in [0.2, 0.25) is 0 Å². The van der Waals surface area contributed by atoms with Gasteiger partial charge in [-0.15, -0.1) is 11.3 Å². The van der Waals surface area contributed by atoms with Crippen LogP contribution in [0.25, 0.3) is 10.8 Å². The second-order valence-corrected chi connectivity index (χ2v) is 5.93. The number of nitrogens with zero attached hydrogens (tertiary/aromatic N) is 3. The minimum Gasteiger partial charge on any atom is -0.333 e. The van der Waals surface area contributed by atoms with Gasteiger partial charge in [-0.25, -0.2) is 0 Å². The molecule has 0 N–H and O–H groups in total. The van der Waals surface area contributed by atoms with Crippen LogP contribution in [0.5, 0.6) is 0 Å². The molecule has 20 heavy (non-hydrogen) atoms. The van der Waals surface area contributed by atoms with Gasteiger partial charge in [0.15, 0.2) is 5.82 Å². The van der Waals surface area contributed by atoms with E-state index < -0.39 is 0 Å². The zero-order valence-electron chi connectivity index (χ0n) is 10.2. The van der Waals surface area contributed by atoms with Gasteiger partial charge in [-0.1, -0.05) is 33.2 Å². The number of halogens is 1. The summed E-state index contributed by atoms with van der Waals surface area (Å²) in [6, 6.07) is 11.8. The number of hydrogen-bond donors (Lipinski definition) is 0. The minimum absolute atomic E-state index is 0.406. The van der Waals surface area contributed by atoms with Gasteiger partial charge < -0.3 is 4.52 Å². The van der Waals surface area contributed by atoms with E-state index in [1.807, 2.05) is 29.6 Å². The molecule has 0 saturated carbocycles. The van der Waals surface area contributed by atoms with Crippen molar-refractivity contribution in [1.29, 1.82) is 5.26 Å². The third-order valence-corrected chi connectivity index (χ3v) is 4.15. The summed E-state index contributed by atoms with van der Waals surface area (Å²) in [5, 5.41) is 14.8. The molecular formula is C14H8BrN3OS. The van der Waals surface area contributed by atoms with Crippen molar-refractivity contribution in [1.82, 2.24) is 10.1 Å². The molecule has 0 fully saturated rings. The molecule has 4 nitrogen and oxygen atoms in total. The maximum absolute atomic E-state index is 9.00. The number of aromatic nitrogens is 2. The number of rotatable bonds is 3. The molecule has 0 bridgehead atoms. The van der Waals surface area contributed by atoms with Crippen LogP contribution >= 0.6 is 27.3 Å². The van der Waals surface area contributed by atoms with E-state index in [1.54, 1.807) is 6.07 Å². The van der Waals surface area contributed by atoms with Crippen molar-refractivity contribution >= 4 is 27.3 Å². The molecule has 1 aromatic carbocycles. The molecule has 0 spiro atoms. The summed E-state index contributed by atoms with van der Waals surface area (Å²) in [4.78, 5) is 5.07. The molecule has 0 radical (unpaired) electrons. The fourth-order valence-electron chi connectivity index (χ4n) is 1.77. The van der Waals surface area contributed by atoms with Crippen LogP contribution in [0.4, 0.5) is 0 Å². The third-order valence-electron chi connectivity index (χ3n) is 2.72. The van der Waals surface area contributed by atoms with Gasteiger partial charge in [0.1, 0.15) is 10.9 Å². The van der Waals surface area contributed by atoms with E-state index in [9.17, 15) is 0 Å². The Bertz CT molecular complexity index is 770. The molecule has 2 heterocycles. The average molecular weight is 346 g/mol. The topological polar surface area (TPSA) is 62.7 Å². The summed E-state index contributed by atoms with van der Waals surface area (Å²) in [5.41, 5.74) is 1.67. The van der Waals surface area contributed by atoms with Gasteiger partial charge >= 0.3 is 0 Å². The fourth-order valence-corrected chi connectivity index (χ4v) is 2.79. The Hall–Kier alpha value is -1.97. The average Bonchev–Trinajstić information content (AvgIpc) is 3.09. The second-order valence-electron chi connectivity index (χ2n) is 4.09. The van der Waals surface area contributed by atoms with Gasteiger partial charge in [0.25, 0.3) is 5.89 Å². The summed E-state index contributed by atoms with van der Waals surface area (Å²) in [5.74, 6) is 1.02. The highest BCUT2D eigenvalue weighted by atomic mass is 79.9. The standard InChI is InChI=1S/C14H8BrN3OS/c15-11-3-1-9(2-4-11)7-12-17-14(19-18-12)13-10(8-16)5-6-20-13/h1-6H,7H2. The first kappa shape index (κ1) is 13.0. The lowest BCUT2D eigenvalue weighted by Gasteiger charge is -1.96. The highest BCUT2D eigenvalue weighted by Gasteiger charge is 2.14. The van der Waals surface area contributed by atoms with Crippen molar-refractivity contribution < 1.29 is 4.52 Å². The SMILES string of the molecule is N#Cc1ccsc1-c1nc(Cc2ccc(Br)cc2)no1. The van der Waals surface area contributed by atoms with E-state index in [4.69, 9.17) is 9.78 Å². The normalized spacial score (nSPS) is 10.4. The molecule has 0 atom stereocenters. The molecule has 0 aliphatic rings. The molecule has 2 aromatic heterocycles. The van der Waals surface area contributed by atoms with E-state index in [1.165, 1.54) is 11.3 Å². The van der Waals surface area contributed by atoms with E-state index >= 15 is 0 Å². The molecular weight excluding hydrogens is 338 g/mol. The lowest BCUT2D eigenvalue weighted by atomic mass is 10.1. The zero-order valence-corrected chi connectivity index (χ0v) is 12.6. The van der Waals surface area contributed by atoms with Gasteiger partial charge in [-0.2, -0.15) is 10.2 Å². The molecule has 0 saturated heterocycles. The van der Waals surface area contributed by atoms with Crippen molar-refractivity contribution in [3.05, 3.63) is 57.1 Å². The summed E-state index contributed by atoms with van der Waals surface area (Å²) in [6.07, 6.45) is 0.601. The van der Waals surface area contributed by atoms with Crippen molar-refractivity contribution in [2.45, 2.75) is 6.42 Å². The first-order valence-corrected chi connectivity index (χ1v) is 7.48. The summed E-state index contributed by atoms with van der Waals surface area (Å²) in [7, 11) is 0. The predicted molar refractivity (Wildman–Crippen MR) is 79.3 cm³/mol. The number of thiophene rings is 1. The summed E-state index contributed by atoms with van der Waals surface area (Å²) < 4.78 is 6.27. The third kappa shape index (κ3) is 2.64. The lowest BCUT2D eigenvalue weighted by Crippen LogP contribution is -1.90. The number of benzene rings is 1. The van der Waals surface area contributed by atoms with Gasteiger partial charge in [-0.3, -0.25) is 0 Å². The molecule has 0 aliphatic heterocycles. The maximum atomic E-state index is 9.00. The van der Waals surface area contributed by atoms with E-state index in [2.05, 4.69) is 32.1 Å². The largest absolute Gasteiger partial charge is 0.333 e. The second kappa shape index (κ2) is 5.57. The van der Waals surface area contributed by atoms with Crippen LogP contribution < -0.4 is 0 Å². The Balaban J connectivity index is 1.84. The molecule has 0 aliphatic carbocycles. The van der Waals surface area contributed by atoms with Crippen molar-refractivity contribution in [2.24, 2.45) is 0 Å². The van der Waals surface area contributed by atoms with Crippen LogP contribution in [-0.2, 0) is 6.42 Å². The first-order valence-electron chi connectivity index (χ1n) is 5.81. The van der Waals surface area contributed by atoms with Crippen molar-refractivity contribution in [3.8, 4) is 16.8 Å². The Kier molecular flexibility index (Phi) is 3.63. The molecule has 0 unspecified atom stereocenters. The number of hydrogen-bond acceptors (Lipinski definition) is 5. The van der Waals surface area contributed by atoms with Gasteiger partial charge in [0.05, 0.1) is 5.56 Å². The van der Waals surface area contributed by atoms with E-state index in [-0.39, 0.29) is 0 Å². The lowest BCUT2D eigenvalue weighted by molar-refractivity contribution is 0.424. The smallest absolute Gasteiger partial charge is 0.269 e. The van der Waals surface area contributed by atoms with Crippen LogP contribution in [0.1, 0.15) is 17.0 Å². The monoisotopic (exact) mass is 345 g/mol. The van der Waals surface area contributed by atoms with Crippen LogP contribution in [0.3, 0.4) is 0 Å². The van der Waals surface area contributed by atoms with Crippen molar-refractivity contribution in [2.75, 3.05) is 0 Å². The highest BCUT2D eigenvalue weighted by molar-refractivity contribution is 9.10. The summed E-state index contributed by atoms with van der Waals surface area (Å²) >= 11 is 4.82. The maximum Gasteiger partial charge on any atom is 0.269 e. The molecule has 98 valence electrons. The fraction of sp³-hybridized carbons (Fsp3) is 0.0714. The van der Waals surface area contributed by atoms with Crippen LogP contribution in [0.2, 0.25) is 0 Å². The van der Waals surface area contributed by atoms with Crippen LogP contribution in [-0.4, -0.2) is 10.1 Å². The molecule has 3 rings (SSSR count).